The van der Waals surface area contributed by atoms with Crippen LogP contribution in [0.15, 0.2) is 79.0 Å². The molecular weight excluding hydrogens is 369 g/mol. The Bertz CT molecular complexity index is 1380. The first kappa shape index (κ1) is 17.1. The molecule has 0 saturated carbocycles. The summed E-state index contributed by atoms with van der Waals surface area (Å²) in [6.07, 6.45) is 1.75. The minimum absolute atomic E-state index is 0.0181. The monoisotopic (exact) mass is 383 g/mol. The van der Waals surface area contributed by atoms with Crippen LogP contribution < -0.4 is 0 Å². The molecule has 3 aromatic carbocycles. The number of H-pyrrole nitrogens is 1. The van der Waals surface area contributed by atoms with Crippen LogP contribution in [0.1, 0.15) is 0 Å². The predicted octanol–water partition coefficient (Wildman–Crippen LogP) is 6.10. The summed E-state index contributed by atoms with van der Waals surface area (Å²) in [6, 6.07) is 20.8. The number of hydrogen-bond donors (Lipinski definition) is 1. The van der Waals surface area contributed by atoms with Crippen molar-refractivity contribution in [3.63, 3.8) is 0 Å². The number of aromatic amines is 1. The van der Waals surface area contributed by atoms with Gasteiger partial charge in [-0.25, -0.2) is 9.37 Å². The van der Waals surface area contributed by atoms with Gasteiger partial charge in [-0.15, -0.1) is 0 Å². The van der Waals surface area contributed by atoms with Crippen molar-refractivity contribution in [3.05, 3.63) is 94.9 Å². The van der Waals surface area contributed by atoms with Crippen molar-refractivity contribution in [2.45, 2.75) is 0 Å². The molecule has 2 heterocycles. The lowest BCUT2D eigenvalue weighted by atomic mass is 9.93. The van der Waals surface area contributed by atoms with Crippen LogP contribution in [0.3, 0.4) is 0 Å². The average molecular weight is 383 g/mol. The molecule has 5 nitrogen and oxygen atoms in total. The van der Waals surface area contributed by atoms with E-state index in [1.807, 2.05) is 30.3 Å². The number of nitro groups is 1. The van der Waals surface area contributed by atoms with Gasteiger partial charge in [-0.05, 0) is 29.3 Å². The number of fused-ring (bicyclic) bond motifs is 3. The van der Waals surface area contributed by atoms with Crippen LogP contribution in [0, 0.1) is 15.9 Å². The van der Waals surface area contributed by atoms with Gasteiger partial charge in [-0.1, -0.05) is 42.5 Å². The molecule has 0 aliphatic carbocycles. The van der Waals surface area contributed by atoms with Crippen LogP contribution in [0.5, 0.6) is 0 Å². The van der Waals surface area contributed by atoms with E-state index < -0.39 is 4.92 Å². The highest BCUT2D eigenvalue weighted by atomic mass is 19.1. The number of nitro benzene ring substituents is 1. The Labute approximate surface area is 164 Å². The van der Waals surface area contributed by atoms with E-state index >= 15 is 0 Å². The summed E-state index contributed by atoms with van der Waals surface area (Å²) >= 11 is 0. The Morgan fingerprint density at radius 1 is 0.931 bits per heavy atom. The molecule has 0 aliphatic heterocycles. The van der Waals surface area contributed by atoms with Gasteiger partial charge in [0.25, 0.3) is 5.69 Å². The quantitative estimate of drug-likeness (QED) is 0.302. The minimum Gasteiger partial charge on any atom is -0.339 e. The maximum absolute atomic E-state index is 13.5. The summed E-state index contributed by atoms with van der Waals surface area (Å²) in [6.45, 7) is 0. The van der Waals surface area contributed by atoms with Crippen molar-refractivity contribution in [2.75, 3.05) is 0 Å². The molecule has 0 bridgehead atoms. The second-order valence-corrected chi connectivity index (χ2v) is 6.76. The number of nitrogens with one attached hydrogen (secondary N) is 1. The van der Waals surface area contributed by atoms with Gasteiger partial charge in [0.2, 0.25) is 0 Å². The molecule has 5 rings (SSSR count). The molecule has 140 valence electrons. The van der Waals surface area contributed by atoms with Gasteiger partial charge in [0.05, 0.1) is 4.92 Å². The third-order valence-corrected chi connectivity index (χ3v) is 5.03. The van der Waals surface area contributed by atoms with Crippen LogP contribution in [0.4, 0.5) is 10.1 Å². The SMILES string of the molecule is O=[N+]([O-])c1ccc2[nH]c3ncc(-c4ccc(F)cc4)c(-c4ccccc4)c3c2c1. The second kappa shape index (κ2) is 6.53. The van der Waals surface area contributed by atoms with Crippen LogP contribution in [-0.2, 0) is 0 Å². The van der Waals surface area contributed by atoms with E-state index in [-0.39, 0.29) is 11.5 Å². The maximum atomic E-state index is 13.5. The van der Waals surface area contributed by atoms with E-state index in [0.717, 1.165) is 38.5 Å². The molecule has 29 heavy (non-hydrogen) atoms. The summed E-state index contributed by atoms with van der Waals surface area (Å²) in [5.74, 6) is -0.313. The summed E-state index contributed by atoms with van der Waals surface area (Å²) in [4.78, 5) is 18.7. The van der Waals surface area contributed by atoms with E-state index in [1.54, 1.807) is 30.5 Å². The fourth-order valence-electron chi connectivity index (χ4n) is 3.71. The van der Waals surface area contributed by atoms with Gasteiger partial charge >= 0.3 is 0 Å². The van der Waals surface area contributed by atoms with Gasteiger partial charge in [0.1, 0.15) is 11.5 Å². The normalized spacial score (nSPS) is 11.2. The lowest BCUT2D eigenvalue weighted by Gasteiger charge is -2.12. The first-order chi connectivity index (χ1) is 14.1. The molecule has 5 aromatic rings. The Balaban J connectivity index is 1.93. The summed E-state index contributed by atoms with van der Waals surface area (Å²) in [7, 11) is 0. The van der Waals surface area contributed by atoms with Gasteiger partial charge in [0, 0.05) is 45.7 Å². The highest BCUT2D eigenvalue weighted by Gasteiger charge is 2.19. The van der Waals surface area contributed by atoms with E-state index in [0.29, 0.717) is 5.65 Å². The fourth-order valence-corrected chi connectivity index (χ4v) is 3.71. The lowest BCUT2D eigenvalue weighted by molar-refractivity contribution is -0.384. The molecule has 2 aromatic heterocycles. The molecule has 0 saturated heterocycles. The second-order valence-electron chi connectivity index (χ2n) is 6.76. The summed E-state index contributed by atoms with van der Waals surface area (Å²) < 4.78 is 13.5. The maximum Gasteiger partial charge on any atom is 0.270 e. The van der Waals surface area contributed by atoms with Gasteiger partial charge in [0.15, 0.2) is 0 Å². The lowest BCUT2D eigenvalue weighted by Crippen LogP contribution is -1.90. The van der Waals surface area contributed by atoms with Crippen molar-refractivity contribution in [1.82, 2.24) is 9.97 Å². The third-order valence-electron chi connectivity index (χ3n) is 5.03. The highest BCUT2D eigenvalue weighted by molar-refractivity contribution is 6.16. The molecule has 0 fully saturated rings. The molecule has 1 N–H and O–H groups in total. The zero-order chi connectivity index (χ0) is 20.0. The van der Waals surface area contributed by atoms with E-state index in [9.17, 15) is 14.5 Å². The number of benzene rings is 3. The number of aromatic nitrogens is 2. The molecule has 0 atom stereocenters. The molecule has 0 aliphatic rings. The predicted molar refractivity (Wildman–Crippen MR) is 111 cm³/mol. The topological polar surface area (TPSA) is 71.8 Å². The van der Waals surface area contributed by atoms with Crippen molar-refractivity contribution in [2.24, 2.45) is 0 Å². The molecular formula is C23H14FN3O2. The fraction of sp³-hybridized carbons (Fsp3) is 0. The largest absolute Gasteiger partial charge is 0.339 e. The average Bonchev–Trinajstić information content (AvgIpc) is 3.12. The van der Waals surface area contributed by atoms with E-state index in [4.69, 9.17) is 0 Å². The zero-order valence-electron chi connectivity index (χ0n) is 15.1. The zero-order valence-corrected chi connectivity index (χ0v) is 15.1. The Morgan fingerprint density at radius 2 is 1.69 bits per heavy atom. The third kappa shape index (κ3) is 2.82. The standard InChI is InChI=1S/C23H14FN3O2/c24-16-8-6-14(7-9-16)19-13-25-23-22(21(19)15-4-2-1-3-5-15)18-12-17(27(28)29)10-11-20(18)26-23/h1-13H,(H,25,26). The van der Waals surface area contributed by atoms with Gasteiger partial charge in [-0.2, -0.15) is 0 Å². The number of rotatable bonds is 3. The highest BCUT2D eigenvalue weighted by Crippen LogP contribution is 2.41. The van der Waals surface area contributed by atoms with Crippen LogP contribution in [-0.4, -0.2) is 14.9 Å². The first-order valence-corrected chi connectivity index (χ1v) is 9.02. The van der Waals surface area contributed by atoms with Crippen LogP contribution >= 0.6 is 0 Å². The van der Waals surface area contributed by atoms with Crippen molar-refractivity contribution < 1.29 is 9.31 Å². The van der Waals surface area contributed by atoms with Crippen LogP contribution in [0.2, 0.25) is 0 Å². The van der Waals surface area contributed by atoms with Crippen molar-refractivity contribution in [1.29, 1.82) is 0 Å². The molecule has 0 unspecified atom stereocenters. The van der Waals surface area contributed by atoms with E-state index in [2.05, 4.69) is 9.97 Å². The Morgan fingerprint density at radius 3 is 2.41 bits per heavy atom. The molecule has 0 radical (unpaired) electrons. The molecule has 0 spiro atoms. The van der Waals surface area contributed by atoms with Gasteiger partial charge < -0.3 is 4.98 Å². The minimum atomic E-state index is -0.405. The first-order valence-electron chi connectivity index (χ1n) is 9.02. The number of pyridine rings is 1. The summed E-state index contributed by atoms with van der Waals surface area (Å²) in [5, 5.41) is 12.9. The molecule has 6 heteroatoms. The number of halogens is 1. The Hall–Kier alpha value is -4.06. The smallest absolute Gasteiger partial charge is 0.270 e. The van der Waals surface area contributed by atoms with Crippen LogP contribution in [0.25, 0.3) is 44.2 Å². The van der Waals surface area contributed by atoms with Crippen molar-refractivity contribution >= 4 is 27.6 Å². The van der Waals surface area contributed by atoms with E-state index in [1.165, 1.54) is 18.2 Å². The number of non-ortho nitro benzene ring substituents is 1. The Kier molecular flexibility index (Phi) is 3.84. The number of nitrogens with zero attached hydrogens (tertiary/aromatic N) is 2. The molecule has 0 amide bonds. The van der Waals surface area contributed by atoms with Crippen molar-refractivity contribution in [3.8, 4) is 22.3 Å². The number of hydrogen-bond acceptors (Lipinski definition) is 3. The van der Waals surface area contributed by atoms with Gasteiger partial charge in [-0.3, -0.25) is 10.1 Å². The summed E-state index contributed by atoms with van der Waals surface area (Å²) in [5.41, 5.74) is 4.93.